The molecular weight excluding hydrogens is 620 g/mol. The fourth-order valence-electron chi connectivity index (χ4n) is 4.45. The fraction of sp³-hybridized carbons (Fsp3) is 0.462. The number of carbonyl (C=O) groups is 2. The average Bonchev–Trinajstić information content (AvgIpc) is 3.24. The Morgan fingerprint density at radius 1 is 1.02 bits per heavy atom. The third kappa shape index (κ3) is 9.21. The van der Waals surface area contributed by atoms with Gasteiger partial charge in [-0.15, -0.1) is 0 Å². The Morgan fingerprint density at radius 3 is 2.21 bits per heavy atom. The number of hydrogen-bond acceptors (Lipinski definition) is 7. The molecule has 2 aliphatic heterocycles. The molecule has 2 heterocycles. The number of β-amino-alcohol motifs (C(OH)–C–C–N with tert-alkyl or cyclic N) is 1. The molecule has 2 aliphatic rings. The first-order valence-corrected chi connectivity index (χ1v) is 13.1. The number of alkyl halides is 5. The lowest BCUT2D eigenvalue weighted by Gasteiger charge is -2.39. The van der Waals surface area contributed by atoms with E-state index in [1.807, 2.05) is 18.2 Å². The molecule has 1 saturated heterocycles. The fourth-order valence-corrected chi connectivity index (χ4v) is 4.86. The minimum absolute atomic E-state index is 0.123. The summed E-state index contributed by atoms with van der Waals surface area (Å²) in [5.74, 6) is -3.45. The molecule has 0 amide bonds. The number of nitrogens with zero attached hydrogens (tertiary/aromatic N) is 1. The van der Waals surface area contributed by atoms with E-state index in [1.54, 1.807) is 0 Å². The van der Waals surface area contributed by atoms with Crippen molar-refractivity contribution in [2.24, 2.45) is 0 Å². The van der Waals surface area contributed by atoms with Crippen LogP contribution < -0.4 is 14.2 Å². The molecule has 9 nitrogen and oxygen atoms in total. The normalized spacial score (nSPS) is 16.7. The van der Waals surface area contributed by atoms with Crippen LogP contribution in [0, 0.1) is 0 Å². The third-order valence-electron chi connectivity index (χ3n) is 6.40. The Bertz CT molecular complexity index is 1270. The van der Waals surface area contributed by atoms with E-state index < -0.39 is 37.3 Å². The molecule has 1 atom stereocenters. The highest BCUT2D eigenvalue weighted by molar-refractivity contribution is 6.32. The molecule has 2 aromatic rings. The number of ether oxygens (including phenoxy) is 3. The second-order valence-corrected chi connectivity index (χ2v) is 10.4. The number of fused-ring (bicyclic) bond motifs is 1. The van der Waals surface area contributed by atoms with Gasteiger partial charge in [0.15, 0.2) is 0 Å². The molecule has 0 radical (unpaired) electrons. The molecule has 42 heavy (non-hydrogen) atoms. The minimum atomic E-state index is -5.08. The van der Waals surface area contributed by atoms with Crippen molar-refractivity contribution >= 4 is 35.1 Å². The number of carboxylic acids is 2. The van der Waals surface area contributed by atoms with Crippen molar-refractivity contribution in [3.63, 3.8) is 0 Å². The Kier molecular flexibility index (Phi) is 11.1. The average molecular weight is 646 g/mol. The molecule has 0 unspecified atom stereocenters. The number of aromatic carboxylic acids is 1. The van der Waals surface area contributed by atoms with Crippen LogP contribution in [-0.4, -0.2) is 89.3 Å². The lowest BCUT2D eigenvalue weighted by atomic mass is 9.87. The Labute approximate surface area is 246 Å². The number of aliphatic carboxylic acids is 1. The molecular formula is C26H26Cl2F5NO8. The molecule has 0 aromatic heterocycles. The van der Waals surface area contributed by atoms with Crippen molar-refractivity contribution < 1.29 is 61.1 Å². The van der Waals surface area contributed by atoms with Crippen molar-refractivity contribution in [1.29, 1.82) is 0 Å². The van der Waals surface area contributed by atoms with Gasteiger partial charge in [-0.05, 0) is 29.8 Å². The van der Waals surface area contributed by atoms with Crippen molar-refractivity contribution in [2.45, 2.75) is 43.6 Å². The molecule has 4 rings (SSSR count). The van der Waals surface area contributed by atoms with E-state index >= 15 is 0 Å². The Balaban J connectivity index is 0.000000616. The zero-order valence-corrected chi connectivity index (χ0v) is 23.2. The zero-order valence-electron chi connectivity index (χ0n) is 21.7. The van der Waals surface area contributed by atoms with Crippen LogP contribution in [0.15, 0.2) is 30.3 Å². The van der Waals surface area contributed by atoms with Gasteiger partial charge in [0.2, 0.25) is 0 Å². The number of halogens is 7. The summed E-state index contributed by atoms with van der Waals surface area (Å²) in [6.45, 7) is 0.655. The van der Waals surface area contributed by atoms with Gasteiger partial charge < -0.3 is 34.4 Å². The van der Waals surface area contributed by atoms with E-state index in [0.29, 0.717) is 24.7 Å². The molecule has 1 fully saturated rings. The number of aliphatic hydroxyl groups excluding tert-OH is 1. The smallest absolute Gasteiger partial charge is 0.490 e. The number of benzene rings is 2. The van der Waals surface area contributed by atoms with Crippen molar-refractivity contribution in [3.8, 4) is 17.2 Å². The molecule has 1 spiro atoms. The number of aliphatic hydroxyl groups is 1. The van der Waals surface area contributed by atoms with Crippen LogP contribution in [-0.2, 0) is 11.2 Å². The first kappa shape index (κ1) is 33.4. The minimum Gasteiger partial charge on any atom is -0.490 e. The number of piperidine rings is 1. The largest absolute Gasteiger partial charge is 0.490 e. The van der Waals surface area contributed by atoms with Crippen LogP contribution in [0.2, 0.25) is 10.0 Å². The standard InChI is InChI=1S/C24H25Cl2F2NO6.C2HF3O2/c25-15-1-2-19-14(7-15)10-24(35-19)3-5-29(6-4-24)11-16(30)12-33-20-9-21(34-13-22(27)28)18(26)8-17(20)23(31)32;3-2(4,5)1(6)7/h1-2,7-9,16,22,30H,3-6,10-13H2,(H,31,32);(H,6,7)/t16-;/m0./s1. The van der Waals surface area contributed by atoms with Gasteiger partial charge in [0.25, 0.3) is 6.43 Å². The highest BCUT2D eigenvalue weighted by Gasteiger charge is 2.42. The number of hydrogen-bond donors (Lipinski definition) is 3. The third-order valence-corrected chi connectivity index (χ3v) is 6.93. The van der Waals surface area contributed by atoms with Gasteiger partial charge in [-0.3, -0.25) is 0 Å². The summed E-state index contributed by atoms with van der Waals surface area (Å²) >= 11 is 12.0. The second kappa shape index (κ2) is 13.9. The monoisotopic (exact) mass is 645 g/mol. The van der Waals surface area contributed by atoms with E-state index in [-0.39, 0.29) is 34.3 Å². The zero-order chi connectivity index (χ0) is 31.2. The highest BCUT2D eigenvalue weighted by Crippen LogP contribution is 2.42. The van der Waals surface area contributed by atoms with Gasteiger partial charge >= 0.3 is 18.1 Å². The molecule has 16 heteroatoms. The summed E-state index contributed by atoms with van der Waals surface area (Å²) in [4.78, 5) is 22.5. The maximum atomic E-state index is 12.5. The second-order valence-electron chi connectivity index (χ2n) is 9.57. The van der Waals surface area contributed by atoms with Gasteiger partial charge in [0.05, 0.1) is 5.02 Å². The van der Waals surface area contributed by atoms with Crippen LogP contribution in [0.1, 0.15) is 28.8 Å². The molecule has 0 saturated carbocycles. The van der Waals surface area contributed by atoms with E-state index in [4.69, 9.17) is 47.3 Å². The van der Waals surface area contributed by atoms with Gasteiger partial charge in [-0.1, -0.05) is 23.2 Å². The van der Waals surface area contributed by atoms with E-state index in [0.717, 1.165) is 42.7 Å². The van der Waals surface area contributed by atoms with Gasteiger partial charge in [0.1, 0.15) is 47.7 Å². The van der Waals surface area contributed by atoms with Gasteiger partial charge in [-0.2, -0.15) is 13.2 Å². The van der Waals surface area contributed by atoms with Crippen LogP contribution >= 0.6 is 23.2 Å². The van der Waals surface area contributed by atoms with E-state index in [1.165, 1.54) is 0 Å². The summed E-state index contributed by atoms with van der Waals surface area (Å²) in [5, 5.41) is 27.6. The quantitative estimate of drug-likeness (QED) is 0.316. The lowest BCUT2D eigenvalue weighted by Crippen LogP contribution is -2.49. The number of likely N-dealkylation sites (tertiary alicyclic amines) is 1. The highest BCUT2D eigenvalue weighted by atomic mass is 35.5. The summed E-state index contributed by atoms with van der Waals surface area (Å²) in [6, 6.07) is 7.86. The molecule has 0 bridgehead atoms. The van der Waals surface area contributed by atoms with Crippen molar-refractivity contribution in [3.05, 3.63) is 51.5 Å². The van der Waals surface area contributed by atoms with Crippen molar-refractivity contribution in [2.75, 3.05) is 32.8 Å². The Hall–Kier alpha value is -3.07. The SMILES string of the molecule is O=C(O)C(F)(F)F.O=C(O)c1cc(Cl)c(OCC(F)F)cc1OC[C@@H](O)CN1CCC2(CC1)Cc1cc(Cl)ccc1O2. The summed E-state index contributed by atoms with van der Waals surface area (Å²) in [5.41, 5.74) is 0.581. The van der Waals surface area contributed by atoms with Crippen LogP contribution in [0.25, 0.3) is 0 Å². The molecule has 0 aliphatic carbocycles. The topological polar surface area (TPSA) is 126 Å². The Morgan fingerprint density at radius 2 is 1.64 bits per heavy atom. The number of rotatable bonds is 9. The van der Waals surface area contributed by atoms with Crippen LogP contribution in [0.5, 0.6) is 17.2 Å². The molecule has 2 aromatic carbocycles. The molecule has 232 valence electrons. The maximum absolute atomic E-state index is 12.5. The first-order valence-electron chi connectivity index (χ1n) is 12.4. The first-order chi connectivity index (χ1) is 19.6. The van der Waals surface area contributed by atoms with Gasteiger partial charge in [0, 0.05) is 50.0 Å². The van der Waals surface area contributed by atoms with Crippen LogP contribution in [0.4, 0.5) is 22.0 Å². The van der Waals surface area contributed by atoms with Crippen LogP contribution in [0.3, 0.4) is 0 Å². The number of carboxylic acid groups (broad SMARTS) is 2. The lowest BCUT2D eigenvalue weighted by molar-refractivity contribution is -0.192. The summed E-state index contributed by atoms with van der Waals surface area (Å²) in [6.07, 6.45) is -6.34. The molecule has 3 N–H and O–H groups in total. The van der Waals surface area contributed by atoms with Crippen molar-refractivity contribution in [1.82, 2.24) is 4.90 Å². The maximum Gasteiger partial charge on any atom is 0.490 e. The predicted molar refractivity (Wildman–Crippen MR) is 139 cm³/mol. The van der Waals surface area contributed by atoms with Gasteiger partial charge in [-0.25, -0.2) is 18.4 Å². The summed E-state index contributed by atoms with van der Waals surface area (Å²) in [7, 11) is 0. The predicted octanol–water partition coefficient (Wildman–Crippen LogP) is 5.18. The van der Waals surface area contributed by atoms with E-state index in [2.05, 4.69) is 4.90 Å². The van der Waals surface area contributed by atoms with E-state index in [9.17, 15) is 37.0 Å². The summed E-state index contributed by atoms with van der Waals surface area (Å²) < 4.78 is 73.4.